The minimum absolute atomic E-state index is 0.0932. The monoisotopic (exact) mass is 328 g/mol. The Labute approximate surface area is 146 Å². The predicted octanol–water partition coefficient (Wildman–Crippen LogP) is 3.88. The second kappa shape index (κ2) is 5.87. The summed E-state index contributed by atoms with van der Waals surface area (Å²) in [4.78, 5) is 14.3. The lowest BCUT2D eigenvalue weighted by Gasteiger charge is -2.50. The molecule has 1 saturated carbocycles. The first-order valence-corrected chi connectivity index (χ1v) is 9.31. The Morgan fingerprint density at radius 1 is 1.25 bits per heavy atom. The van der Waals surface area contributed by atoms with Crippen LogP contribution in [0.1, 0.15) is 68.4 Å². The van der Waals surface area contributed by atoms with Crippen LogP contribution in [0.2, 0.25) is 0 Å². The number of hydrogen-bond donors (Lipinski definition) is 1. The Kier molecular flexibility index (Phi) is 4.28. The Morgan fingerprint density at radius 3 is 2.50 bits per heavy atom. The Bertz CT molecular complexity index is 649. The highest BCUT2D eigenvalue weighted by molar-refractivity contribution is 5.93. The lowest BCUT2D eigenvalue weighted by Crippen LogP contribution is -2.54. The molecule has 3 nitrogen and oxygen atoms in total. The summed E-state index contributed by atoms with van der Waals surface area (Å²) < 4.78 is 0. The van der Waals surface area contributed by atoms with E-state index in [1.165, 1.54) is 30.5 Å². The summed E-state index contributed by atoms with van der Waals surface area (Å²) in [5.41, 5.74) is 9.37. The summed E-state index contributed by atoms with van der Waals surface area (Å²) >= 11 is 0. The van der Waals surface area contributed by atoms with Gasteiger partial charge in [-0.25, -0.2) is 0 Å². The van der Waals surface area contributed by atoms with Crippen LogP contribution in [0.3, 0.4) is 0 Å². The molecule has 1 heterocycles. The van der Waals surface area contributed by atoms with E-state index in [0.717, 1.165) is 13.0 Å². The van der Waals surface area contributed by atoms with E-state index in [9.17, 15) is 4.79 Å². The van der Waals surface area contributed by atoms with Gasteiger partial charge in [-0.1, -0.05) is 26.8 Å². The van der Waals surface area contributed by atoms with Gasteiger partial charge in [0.05, 0.1) is 0 Å². The van der Waals surface area contributed by atoms with Crippen molar-refractivity contribution in [3.63, 3.8) is 0 Å². The van der Waals surface area contributed by atoms with Crippen molar-refractivity contribution in [3.05, 3.63) is 34.9 Å². The molecule has 1 aliphatic heterocycles. The minimum Gasteiger partial charge on any atom is -0.366 e. The molecule has 2 unspecified atom stereocenters. The lowest BCUT2D eigenvalue weighted by atomic mass is 9.64. The van der Waals surface area contributed by atoms with Gasteiger partial charge in [0.2, 0.25) is 5.91 Å². The summed E-state index contributed by atoms with van der Waals surface area (Å²) in [6.07, 6.45) is 3.89. The zero-order valence-electron chi connectivity index (χ0n) is 15.9. The molecule has 3 atom stereocenters. The van der Waals surface area contributed by atoms with Gasteiger partial charge in [-0.05, 0) is 79.7 Å². The molecule has 1 aromatic rings. The van der Waals surface area contributed by atoms with Crippen molar-refractivity contribution in [2.75, 3.05) is 13.1 Å². The van der Waals surface area contributed by atoms with Crippen LogP contribution < -0.4 is 5.73 Å². The number of aryl methyl sites for hydroxylation is 1. The van der Waals surface area contributed by atoms with E-state index in [2.05, 4.69) is 45.6 Å². The largest absolute Gasteiger partial charge is 0.366 e. The molecule has 3 rings (SSSR count). The lowest BCUT2D eigenvalue weighted by molar-refractivity contribution is 0.0398. The van der Waals surface area contributed by atoms with Crippen LogP contribution in [0.5, 0.6) is 0 Å². The normalized spacial score (nSPS) is 32.5. The van der Waals surface area contributed by atoms with Crippen LogP contribution in [0.4, 0.5) is 0 Å². The number of primary amides is 1. The van der Waals surface area contributed by atoms with Crippen molar-refractivity contribution < 1.29 is 4.79 Å². The summed E-state index contributed by atoms with van der Waals surface area (Å²) in [5.74, 6) is 0.204. The maximum absolute atomic E-state index is 11.6. The third kappa shape index (κ3) is 2.99. The number of nitrogens with zero attached hydrogens (tertiary/aromatic N) is 1. The van der Waals surface area contributed by atoms with Crippen molar-refractivity contribution in [2.24, 2.45) is 17.1 Å². The molecule has 2 fully saturated rings. The van der Waals surface area contributed by atoms with Crippen LogP contribution in [-0.4, -0.2) is 29.9 Å². The fourth-order valence-corrected chi connectivity index (χ4v) is 4.51. The molecule has 1 amide bonds. The molecule has 2 aliphatic rings. The number of amides is 1. The third-order valence-corrected chi connectivity index (χ3v) is 7.05. The van der Waals surface area contributed by atoms with Gasteiger partial charge in [-0.3, -0.25) is 9.69 Å². The zero-order valence-corrected chi connectivity index (χ0v) is 15.9. The highest BCUT2D eigenvalue weighted by Crippen LogP contribution is 2.49. The first-order valence-electron chi connectivity index (χ1n) is 9.31. The summed E-state index contributed by atoms with van der Waals surface area (Å²) in [7, 11) is 0. The smallest absolute Gasteiger partial charge is 0.248 e. The standard InChI is InChI=1S/C21H32N2O/c1-14-6-7-17(19(22)24)12-18(14)21(5)10-11-23(16(3)15(21)2)13-20(4)8-9-20/h6-7,12,15-16H,8-11,13H2,1-5H3,(H2,22,24)/t15?,16?,21-/m1/s1. The van der Waals surface area contributed by atoms with Crippen LogP contribution >= 0.6 is 0 Å². The van der Waals surface area contributed by atoms with E-state index in [1.54, 1.807) is 0 Å². The number of likely N-dealkylation sites (tertiary alicyclic amines) is 1. The van der Waals surface area contributed by atoms with E-state index in [-0.39, 0.29) is 11.3 Å². The number of carbonyl (C=O) groups is 1. The molecule has 132 valence electrons. The van der Waals surface area contributed by atoms with Crippen LogP contribution in [0.15, 0.2) is 18.2 Å². The first-order chi connectivity index (χ1) is 11.2. The van der Waals surface area contributed by atoms with Crippen LogP contribution in [0.25, 0.3) is 0 Å². The Morgan fingerprint density at radius 2 is 1.92 bits per heavy atom. The van der Waals surface area contributed by atoms with E-state index in [0.29, 0.717) is 22.9 Å². The number of nitrogens with two attached hydrogens (primary N) is 1. The molecule has 1 saturated heterocycles. The number of hydrogen-bond acceptors (Lipinski definition) is 2. The Balaban J connectivity index is 1.88. The van der Waals surface area contributed by atoms with Gasteiger partial charge < -0.3 is 5.73 Å². The van der Waals surface area contributed by atoms with Gasteiger partial charge in [-0.15, -0.1) is 0 Å². The molecule has 24 heavy (non-hydrogen) atoms. The van der Waals surface area contributed by atoms with Crippen molar-refractivity contribution in [1.29, 1.82) is 0 Å². The van der Waals surface area contributed by atoms with E-state index in [4.69, 9.17) is 5.73 Å². The number of carbonyl (C=O) groups excluding carboxylic acids is 1. The molecule has 0 bridgehead atoms. The van der Waals surface area contributed by atoms with Gasteiger partial charge in [0, 0.05) is 18.2 Å². The molecule has 1 aromatic carbocycles. The maximum atomic E-state index is 11.6. The highest BCUT2D eigenvalue weighted by Gasteiger charge is 2.46. The second-order valence-corrected chi connectivity index (χ2v) is 8.87. The molecule has 3 heteroatoms. The topological polar surface area (TPSA) is 46.3 Å². The zero-order chi connectivity index (χ0) is 17.7. The van der Waals surface area contributed by atoms with Crippen molar-refractivity contribution in [2.45, 2.75) is 65.3 Å². The second-order valence-electron chi connectivity index (χ2n) is 8.87. The van der Waals surface area contributed by atoms with Crippen molar-refractivity contribution in [1.82, 2.24) is 4.90 Å². The quantitative estimate of drug-likeness (QED) is 0.911. The van der Waals surface area contributed by atoms with Gasteiger partial charge in [0.15, 0.2) is 0 Å². The average Bonchev–Trinajstić information content (AvgIpc) is 3.26. The fraction of sp³-hybridized carbons (Fsp3) is 0.667. The van der Waals surface area contributed by atoms with E-state index >= 15 is 0 Å². The summed E-state index contributed by atoms with van der Waals surface area (Å²) in [5, 5.41) is 0. The average molecular weight is 329 g/mol. The van der Waals surface area contributed by atoms with Crippen LogP contribution in [0, 0.1) is 18.3 Å². The van der Waals surface area contributed by atoms with Crippen LogP contribution in [-0.2, 0) is 5.41 Å². The highest BCUT2D eigenvalue weighted by atomic mass is 16.1. The summed E-state index contributed by atoms with van der Waals surface area (Å²) in [6.45, 7) is 14.1. The van der Waals surface area contributed by atoms with Gasteiger partial charge in [0.1, 0.15) is 0 Å². The minimum atomic E-state index is -0.334. The molecule has 0 spiro atoms. The van der Waals surface area contributed by atoms with Crippen molar-refractivity contribution in [3.8, 4) is 0 Å². The molecular formula is C21H32N2O. The summed E-state index contributed by atoms with van der Waals surface area (Å²) in [6, 6.07) is 6.49. The molecule has 0 aromatic heterocycles. The Hall–Kier alpha value is -1.35. The first kappa shape index (κ1) is 17.5. The van der Waals surface area contributed by atoms with Gasteiger partial charge >= 0.3 is 0 Å². The molecule has 1 aliphatic carbocycles. The van der Waals surface area contributed by atoms with E-state index in [1.807, 2.05) is 12.1 Å². The molecule has 2 N–H and O–H groups in total. The maximum Gasteiger partial charge on any atom is 0.248 e. The fourth-order valence-electron chi connectivity index (χ4n) is 4.51. The SMILES string of the molecule is Cc1ccc(C(N)=O)cc1[C@]1(C)CCN(CC2(C)CC2)C(C)C1C. The molecular weight excluding hydrogens is 296 g/mol. The van der Waals surface area contributed by atoms with E-state index < -0.39 is 0 Å². The van der Waals surface area contributed by atoms with Crippen molar-refractivity contribution >= 4 is 5.91 Å². The number of piperidine rings is 1. The van der Waals surface area contributed by atoms with Gasteiger partial charge in [-0.2, -0.15) is 0 Å². The predicted molar refractivity (Wildman–Crippen MR) is 99.2 cm³/mol. The number of benzene rings is 1. The molecule has 0 radical (unpaired) electrons. The third-order valence-electron chi connectivity index (χ3n) is 7.05. The number of rotatable bonds is 4. The van der Waals surface area contributed by atoms with Gasteiger partial charge in [0.25, 0.3) is 0 Å².